The van der Waals surface area contributed by atoms with Crippen LogP contribution in [-0.4, -0.2) is 34.5 Å². The fourth-order valence-corrected chi connectivity index (χ4v) is 2.91. The minimum absolute atomic E-state index is 0.379. The molecule has 0 saturated heterocycles. The monoisotopic (exact) mass is 323 g/mol. The van der Waals surface area contributed by atoms with Crippen molar-refractivity contribution in [3.05, 3.63) is 41.6 Å². The van der Waals surface area contributed by atoms with Crippen LogP contribution < -0.4 is 15.9 Å². The van der Waals surface area contributed by atoms with E-state index in [2.05, 4.69) is 10.2 Å². The summed E-state index contributed by atoms with van der Waals surface area (Å²) >= 11 is 0. The van der Waals surface area contributed by atoms with Gasteiger partial charge in [-0.25, -0.2) is 0 Å². The van der Waals surface area contributed by atoms with E-state index in [-0.39, 0.29) is 0 Å². The van der Waals surface area contributed by atoms with E-state index in [0.29, 0.717) is 17.0 Å². The molecular weight excluding hydrogens is 305 g/mol. The number of hydrogen-bond donors (Lipinski definition) is 3. The lowest BCUT2D eigenvalue weighted by Gasteiger charge is -2.15. The third-order valence-corrected chi connectivity index (χ3v) is 4.10. The molecule has 3 rings (SSSR count). The van der Waals surface area contributed by atoms with Gasteiger partial charge in [0.2, 0.25) is 0 Å². The van der Waals surface area contributed by atoms with Gasteiger partial charge in [-0.1, -0.05) is 18.2 Å². The largest absolute Gasteiger partial charge is 0.496 e. The number of hydrogen-bond acceptors (Lipinski definition) is 6. The quantitative estimate of drug-likeness (QED) is 0.626. The van der Waals surface area contributed by atoms with Gasteiger partial charge in [-0.05, 0) is 42.6 Å². The molecule has 0 aliphatic rings. The van der Waals surface area contributed by atoms with Gasteiger partial charge in [0.15, 0.2) is 5.82 Å². The fourth-order valence-electron chi connectivity index (χ4n) is 2.91. The van der Waals surface area contributed by atoms with Crippen LogP contribution in [0.15, 0.2) is 30.3 Å². The summed E-state index contributed by atoms with van der Waals surface area (Å²) in [6, 6.07) is 9.16. The number of aromatic nitrogens is 2. The number of nitrogens with zero attached hydrogens (tertiary/aromatic N) is 2. The molecule has 0 aliphatic heterocycles. The van der Waals surface area contributed by atoms with Gasteiger partial charge >= 0.3 is 7.12 Å². The number of aryl methyl sites for hydroxylation is 2. The molecule has 0 bridgehead atoms. The molecule has 0 radical (unpaired) electrons. The molecule has 0 spiro atoms. The average Bonchev–Trinajstić information content (AvgIpc) is 2.57. The number of fused-ring (bicyclic) bond motifs is 1. The van der Waals surface area contributed by atoms with E-state index in [0.717, 1.165) is 33.2 Å². The van der Waals surface area contributed by atoms with Crippen molar-refractivity contribution < 1.29 is 14.8 Å². The standard InChI is InChI=1S/C17H18BN3O3/c1-9-6-12(18(22)23)8-15(16(9)24-3)11-4-5-13-14(7-11)10(2)20-21-17(13)19/h4-8,22-23H,1-3H3,(H2,19,21). The van der Waals surface area contributed by atoms with Gasteiger partial charge in [0.1, 0.15) is 5.75 Å². The molecule has 7 heteroatoms. The second-order valence-electron chi connectivity index (χ2n) is 5.72. The maximum atomic E-state index is 9.52. The summed E-state index contributed by atoms with van der Waals surface area (Å²) in [6.45, 7) is 3.74. The fraction of sp³-hybridized carbons (Fsp3) is 0.176. The van der Waals surface area contributed by atoms with Crippen molar-refractivity contribution in [2.75, 3.05) is 12.8 Å². The van der Waals surface area contributed by atoms with E-state index in [1.807, 2.05) is 32.0 Å². The second kappa shape index (κ2) is 6.11. The Morgan fingerprint density at radius 2 is 1.79 bits per heavy atom. The molecule has 1 heterocycles. The Balaban J connectivity index is 2.29. The Labute approximate surface area is 140 Å². The third-order valence-electron chi connectivity index (χ3n) is 4.10. The number of rotatable bonds is 3. The van der Waals surface area contributed by atoms with Crippen molar-refractivity contribution in [3.63, 3.8) is 0 Å². The molecule has 0 fully saturated rings. The van der Waals surface area contributed by atoms with Crippen LogP contribution in [-0.2, 0) is 0 Å². The molecule has 0 amide bonds. The topological polar surface area (TPSA) is 101 Å². The first-order valence-electron chi connectivity index (χ1n) is 7.50. The van der Waals surface area contributed by atoms with Crippen LogP contribution in [0.2, 0.25) is 0 Å². The lowest BCUT2D eigenvalue weighted by molar-refractivity contribution is 0.412. The van der Waals surface area contributed by atoms with E-state index in [1.165, 1.54) is 0 Å². The van der Waals surface area contributed by atoms with Crippen molar-refractivity contribution >= 4 is 29.2 Å². The number of anilines is 1. The third kappa shape index (κ3) is 2.68. The summed E-state index contributed by atoms with van der Waals surface area (Å²) in [5.41, 5.74) is 9.55. The maximum absolute atomic E-state index is 9.52. The molecule has 2 aromatic carbocycles. The maximum Gasteiger partial charge on any atom is 0.488 e. The van der Waals surface area contributed by atoms with Crippen molar-refractivity contribution in [1.29, 1.82) is 0 Å². The highest BCUT2D eigenvalue weighted by atomic mass is 16.5. The highest BCUT2D eigenvalue weighted by molar-refractivity contribution is 6.58. The summed E-state index contributed by atoms with van der Waals surface area (Å²) in [7, 11) is 0.0495. The van der Waals surface area contributed by atoms with Crippen LogP contribution in [0.4, 0.5) is 5.82 Å². The Morgan fingerprint density at radius 1 is 1.04 bits per heavy atom. The SMILES string of the molecule is COc1c(C)cc(B(O)O)cc1-c1ccc2c(N)nnc(C)c2c1. The zero-order valence-electron chi connectivity index (χ0n) is 13.7. The van der Waals surface area contributed by atoms with Gasteiger partial charge in [0.05, 0.1) is 12.8 Å². The van der Waals surface area contributed by atoms with Gasteiger partial charge in [0.25, 0.3) is 0 Å². The Morgan fingerprint density at radius 3 is 2.46 bits per heavy atom. The minimum Gasteiger partial charge on any atom is -0.496 e. The molecule has 122 valence electrons. The molecular formula is C17H18BN3O3. The lowest BCUT2D eigenvalue weighted by atomic mass is 9.77. The van der Waals surface area contributed by atoms with Crippen LogP contribution >= 0.6 is 0 Å². The highest BCUT2D eigenvalue weighted by Gasteiger charge is 2.18. The van der Waals surface area contributed by atoms with Crippen molar-refractivity contribution in [2.24, 2.45) is 0 Å². The zero-order chi connectivity index (χ0) is 17.4. The molecule has 6 nitrogen and oxygen atoms in total. The normalized spacial score (nSPS) is 10.9. The van der Waals surface area contributed by atoms with Crippen LogP contribution in [0.3, 0.4) is 0 Å². The second-order valence-corrected chi connectivity index (χ2v) is 5.72. The summed E-state index contributed by atoms with van der Waals surface area (Å²) in [5, 5.41) is 28.8. The van der Waals surface area contributed by atoms with Crippen molar-refractivity contribution in [2.45, 2.75) is 13.8 Å². The smallest absolute Gasteiger partial charge is 0.488 e. The predicted molar refractivity (Wildman–Crippen MR) is 95.2 cm³/mol. The lowest BCUT2D eigenvalue weighted by Crippen LogP contribution is -2.30. The van der Waals surface area contributed by atoms with E-state index in [4.69, 9.17) is 10.5 Å². The number of nitrogen functional groups attached to an aromatic ring is 1. The summed E-state index contributed by atoms with van der Waals surface area (Å²) in [5.74, 6) is 1.07. The van der Waals surface area contributed by atoms with Crippen LogP contribution in [0.1, 0.15) is 11.3 Å². The summed E-state index contributed by atoms with van der Waals surface area (Å²) in [6.07, 6.45) is 0. The molecule has 1 aromatic heterocycles. The summed E-state index contributed by atoms with van der Waals surface area (Å²) < 4.78 is 5.52. The van der Waals surface area contributed by atoms with Crippen LogP contribution in [0.25, 0.3) is 21.9 Å². The van der Waals surface area contributed by atoms with Crippen molar-refractivity contribution in [1.82, 2.24) is 10.2 Å². The van der Waals surface area contributed by atoms with E-state index >= 15 is 0 Å². The number of nitrogens with two attached hydrogens (primary N) is 1. The molecule has 0 aliphatic carbocycles. The molecule has 4 N–H and O–H groups in total. The Kier molecular flexibility index (Phi) is 4.13. The molecule has 24 heavy (non-hydrogen) atoms. The summed E-state index contributed by atoms with van der Waals surface area (Å²) in [4.78, 5) is 0. The molecule has 0 unspecified atom stereocenters. The first kappa shape index (κ1) is 16.2. The van der Waals surface area contributed by atoms with Gasteiger partial charge < -0.3 is 20.5 Å². The number of methoxy groups -OCH3 is 1. The molecule has 0 atom stereocenters. The van der Waals surface area contributed by atoms with Gasteiger partial charge in [-0.15, -0.1) is 5.10 Å². The van der Waals surface area contributed by atoms with Crippen molar-refractivity contribution in [3.8, 4) is 16.9 Å². The number of benzene rings is 2. The highest BCUT2D eigenvalue weighted by Crippen LogP contribution is 2.34. The number of ether oxygens (including phenoxy) is 1. The van der Waals surface area contributed by atoms with E-state index < -0.39 is 7.12 Å². The molecule has 3 aromatic rings. The van der Waals surface area contributed by atoms with Crippen LogP contribution in [0, 0.1) is 13.8 Å². The average molecular weight is 323 g/mol. The van der Waals surface area contributed by atoms with Crippen LogP contribution in [0.5, 0.6) is 5.75 Å². The van der Waals surface area contributed by atoms with Gasteiger partial charge in [0, 0.05) is 16.3 Å². The first-order valence-corrected chi connectivity index (χ1v) is 7.50. The Hall–Kier alpha value is -2.64. The predicted octanol–water partition coefficient (Wildman–Crippen LogP) is 1.18. The van der Waals surface area contributed by atoms with Gasteiger partial charge in [-0.3, -0.25) is 0 Å². The minimum atomic E-state index is -1.54. The van der Waals surface area contributed by atoms with E-state index in [9.17, 15) is 10.0 Å². The Bertz CT molecular complexity index is 929. The molecule has 0 saturated carbocycles. The van der Waals surface area contributed by atoms with E-state index in [1.54, 1.807) is 19.2 Å². The zero-order valence-corrected chi connectivity index (χ0v) is 13.7. The first-order chi connectivity index (χ1) is 11.4. The van der Waals surface area contributed by atoms with Gasteiger partial charge in [-0.2, -0.15) is 5.10 Å².